The SMILES string of the molecule is O=C(NCCc1ccc(F)cc1)c1ccc(CN2C(=O)c3ccccc3C2=O)cc1. The van der Waals surface area contributed by atoms with Gasteiger partial charge in [-0.1, -0.05) is 36.4 Å². The molecular weight excluding hydrogens is 383 g/mol. The fraction of sp³-hybridized carbons (Fsp3) is 0.125. The maximum atomic E-state index is 12.9. The van der Waals surface area contributed by atoms with E-state index < -0.39 is 0 Å². The Kier molecular flexibility index (Phi) is 5.39. The number of fused-ring (bicyclic) bond motifs is 1. The van der Waals surface area contributed by atoms with E-state index in [1.54, 1.807) is 60.7 Å². The zero-order valence-corrected chi connectivity index (χ0v) is 16.1. The number of nitrogens with one attached hydrogen (secondary N) is 1. The molecule has 30 heavy (non-hydrogen) atoms. The lowest BCUT2D eigenvalue weighted by Crippen LogP contribution is -2.29. The molecule has 3 aromatic rings. The molecule has 0 bridgehead atoms. The molecular formula is C24H19FN2O3. The Balaban J connectivity index is 1.34. The molecule has 0 unspecified atom stereocenters. The second-order valence-corrected chi connectivity index (χ2v) is 7.07. The summed E-state index contributed by atoms with van der Waals surface area (Å²) in [5.74, 6) is -1.12. The largest absolute Gasteiger partial charge is 0.352 e. The highest BCUT2D eigenvalue weighted by molar-refractivity contribution is 6.21. The van der Waals surface area contributed by atoms with Crippen LogP contribution in [0.15, 0.2) is 72.8 Å². The van der Waals surface area contributed by atoms with Crippen molar-refractivity contribution < 1.29 is 18.8 Å². The van der Waals surface area contributed by atoms with Gasteiger partial charge in [-0.15, -0.1) is 0 Å². The van der Waals surface area contributed by atoms with Crippen molar-refractivity contribution in [1.29, 1.82) is 0 Å². The lowest BCUT2D eigenvalue weighted by Gasteiger charge is -2.14. The first-order valence-corrected chi connectivity index (χ1v) is 9.60. The van der Waals surface area contributed by atoms with Crippen molar-refractivity contribution in [3.63, 3.8) is 0 Å². The number of hydrogen-bond donors (Lipinski definition) is 1. The average Bonchev–Trinajstić information content (AvgIpc) is 3.01. The summed E-state index contributed by atoms with van der Waals surface area (Å²) in [6.45, 7) is 0.583. The minimum atomic E-state index is -0.307. The molecule has 1 aliphatic rings. The first-order chi connectivity index (χ1) is 14.5. The highest BCUT2D eigenvalue weighted by Crippen LogP contribution is 2.24. The van der Waals surface area contributed by atoms with Gasteiger partial charge in [-0.2, -0.15) is 0 Å². The van der Waals surface area contributed by atoms with Gasteiger partial charge in [0.15, 0.2) is 0 Å². The Morgan fingerprint density at radius 2 is 1.37 bits per heavy atom. The van der Waals surface area contributed by atoms with Crippen molar-refractivity contribution in [3.05, 3.63) is 106 Å². The van der Waals surface area contributed by atoms with Crippen LogP contribution in [0, 0.1) is 5.82 Å². The smallest absolute Gasteiger partial charge is 0.261 e. The zero-order valence-electron chi connectivity index (χ0n) is 16.1. The summed E-state index contributed by atoms with van der Waals surface area (Å²) >= 11 is 0. The quantitative estimate of drug-likeness (QED) is 0.641. The molecule has 5 nitrogen and oxygen atoms in total. The monoisotopic (exact) mass is 402 g/mol. The van der Waals surface area contributed by atoms with Crippen molar-refractivity contribution in [2.45, 2.75) is 13.0 Å². The third kappa shape index (κ3) is 3.98. The molecule has 0 saturated carbocycles. The summed E-state index contributed by atoms with van der Waals surface area (Å²) in [5.41, 5.74) is 3.01. The molecule has 0 spiro atoms. The van der Waals surface area contributed by atoms with Gasteiger partial charge in [0, 0.05) is 12.1 Å². The van der Waals surface area contributed by atoms with E-state index in [9.17, 15) is 18.8 Å². The number of halogens is 1. The van der Waals surface area contributed by atoms with Gasteiger partial charge in [-0.05, 0) is 53.9 Å². The molecule has 1 heterocycles. The lowest BCUT2D eigenvalue weighted by molar-refractivity contribution is 0.0641. The van der Waals surface area contributed by atoms with E-state index in [2.05, 4.69) is 5.32 Å². The summed E-state index contributed by atoms with van der Waals surface area (Å²) < 4.78 is 12.9. The van der Waals surface area contributed by atoms with Gasteiger partial charge in [0.25, 0.3) is 17.7 Å². The van der Waals surface area contributed by atoms with E-state index >= 15 is 0 Å². The second kappa shape index (κ2) is 8.29. The first kappa shape index (κ1) is 19.5. The Bertz CT molecular complexity index is 1070. The van der Waals surface area contributed by atoms with Crippen molar-refractivity contribution in [2.75, 3.05) is 6.54 Å². The molecule has 1 aliphatic heterocycles. The predicted molar refractivity (Wildman–Crippen MR) is 110 cm³/mol. The summed E-state index contributed by atoms with van der Waals surface area (Å²) in [7, 11) is 0. The van der Waals surface area contributed by atoms with E-state index in [0.29, 0.717) is 29.7 Å². The Labute approximate surface area is 173 Å². The number of hydrogen-bond acceptors (Lipinski definition) is 3. The van der Waals surface area contributed by atoms with E-state index in [4.69, 9.17) is 0 Å². The van der Waals surface area contributed by atoms with Crippen LogP contribution in [0.3, 0.4) is 0 Å². The molecule has 4 rings (SSSR count). The third-order valence-corrected chi connectivity index (χ3v) is 5.05. The number of rotatable bonds is 6. The van der Waals surface area contributed by atoms with Crippen LogP contribution in [-0.2, 0) is 13.0 Å². The van der Waals surface area contributed by atoms with Gasteiger partial charge in [0.05, 0.1) is 17.7 Å². The van der Waals surface area contributed by atoms with Crippen LogP contribution < -0.4 is 5.32 Å². The molecule has 6 heteroatoms. The van der Waals surface area contributed by atoms with Crippen LogP contribution >= 0.6 is 0 Å². The number of benzene rings is 3. The van der Waals surface area contributed by atoms with E-state index in [1.807, 2.05) is 0 Å². The van der Waals surface area contributed by atoms with Gasteiger partial charge in [-0.3, -0.25) is 19.3 Å². The molecule has 3 amide bonds. The average molecular weight is 402 g/mol. The van der Waals surface area contributed by atoms with Crippen molar-refractivity contribution >= 4 is 17.7 Å². The summed E-state index contributed by atoms with van der Waals surface area (Å²) in [6.07, 6.45) is 0.601. The zero-order chi connectivity index (χ0) is 21.1. The summed E-state index contributed by atoms with van der Waals surface area (Å²) in [5, 5.41) is 2.83. The normalized spacial score (nSPS) is 12.8. The van der Waals surface area contributed by atoms with E-state index in [1.165, 1.54) is 17.0 Å². The van der Waals surface area contributed by atoms with Crippen LogP contribution in [0.5, 0.6) is 0 Å². The topological polar surface area (TPSA) is 66.5 Å². The fourth-order valence-electron chi connectivity index (χ4n) is 3.40. The van der Waals surface area contributed by atoms with Crippen molar-refractivity contribution in [1.82, 2.24) is 10.2 Å². The minimum absolute atomic E-state index is 0.152. The van der Waals surface area contributed by atoms with Crippen LogP contribution in [0.2, 0.25) is 0 Å². The van der Waals surface area contributed by atoms with Crippen LogP contribution in [0.1, 0.15) is 42.2 Å². The third-order valence-electron chi connectivity index (χ3n) is 5.05. The highest BCUT2D eigenvalue weighted by atomic mass is 19.1. The predicted octanol–water partition coefficient (Wildman–Crippen LogP) is 3.59. The van der Waals surface area contributed by atoms with Crippen LogP contribution in [0.4, 0.5) is 4.39 Å². The number of carbonyl (C=O) groups excluding carboxylic acids is 3. The van der Waals surface area contributed by atoms with Gasteiger partial charge in [-0.25, -0.2) is 4.39 Å². The maximum absolute atomic E-state index is 12.9. The molecule has 0 saturated heterocycles. The van der Waals surface area contributed by atoms with Crippen molar-refractivity contribution in [3.8, 4) is 0 Å². The molecule has 0 radical (unpaired) electrons. The van der Waals surface area contributed by atoms with Crippen molar-refractivity contribution in [2.24, 2.45) is 0 Å². The molecule has 0 atom stereocenters. The Morgan fingerprint density at radius 1 is 0.800 bits per heavy atom. The minimum Gasteiger partial charge on any atom is -0.352 e. The second-order valence-electron chi connectivity index (χ2n) is 7.07. The number of nitrogens with zero attached hydrogens (tertiary/aromatic N) is 1. The van der Waals surface area contributed by atoms with Gasteiger partial charge in [0.2, 0.25) is 0 Å². The molecule has 0 aromatic heterocycles. The fourth-order valence-corrected chi connectivity index (χ4v) is 3.40. The molecule has 0 aliphatic carbocycles. The van der Waals surface area contributed by atoms with Gasteiger partial charge in [0.1, 0.15) is 5.82 Å². The van der Waals surface area contributed by atoms with Gasteiger partial charge < -0.3 is 5.32 Å². The summed E-state index contributed by atoms with van der Waals surface area (Å²) in [4.78, 5) is 38.4. The molecule has 3 aromatic carbocycles. The standard InChI is InChI=1S/C24H19FN2O3/c25-19-11-7-16(8-12-19)13-14-26-22(28)18-9-5-17(6-10-18)15-27-23(29)20-3-1-2-4-21(20)24(27)30/h1-12H,13-15H2,(H,26,28). The lowest BCUT2D eigenvalue weighted by atomic mass is 10.1. The first-order valence-electron chi connectivity index (χ1n) is 9.60. The Hall–Kier alpha value is -3.80. The maximum Gasteiger partial charge on any atom is 0.261 e. The summed E-state index contributed by atoms with van der Waals surface area (Å²) in [6, 6.07) is 19.7. The Morgan fingerprint density at radius 3 is 1.97 bits per heavy atom. The molecule has 150 valence electrons. The van der Waals surface area contributed by atoms with E-state index in [0.717, 1.165) is 11.1 Å². The van der Waals surface area contributed by atoms with Gasteiger partial charge >= 0.3 is 0 Å². The molecule has 0 fully saturated rings. The highest BCUT2D eigenvalue weighted by Gasteiger charge is 2.34. The number of imide groups is 1. The van der Waals surface area contributed by atoms with E-state index in [-0.39, 0.29) is 30.1 Å². The number of amides is 3. The van der Waals surface area contributed by atoms with Crippen LogP contribution in [0.25, 0.3) is 0 Å². The van der Waals surface area contributed by atoms with Crippen LogP contribution in [-0.4, -0.2) is 29.2 Å². The number of carbonyl (C=O) groups is 3. The molecule has 1 N–H and O–H groups in total.